The van der Waals surface area contributed by atoms with E-state index in [1.165, 1.54) is 29.8 Å². The molecule has 58 heavy (non-hydrogen) atoms. The molecule has 2 N–H and O–H groups in total. The monoisotopic (exact) mass is 780 g/mol. The largest absolute Gasteiger partial charge is 0.478 e. The number of amides is 2. The highest BCUT2D eigenvalue weighted by atomic mass is 19.1. The minimum Gasteiger partial charge on any atom is -0.478 e. The highest BCUT2D eigenvalue weighted by Gasteiger charge is 2.47. The normalized spacial score (nSPS) is 15.0. The average Bonchev–Trinajstić information content (AvgIpc) is 4.19. The predicted octanol–water partition coefficient (Wildman–Crippen LogP) is 10.1. The molecule has 0 spiro atoms. The fourth-order valence-electron chi connectivity index (χ4n) is 6.76. The molecule has 10 heteroatoms. The molecule has 8 nitrogen and oxygen atoms in total. The number of halogens is 2. The van der Waals surface area contributed by atoms with Gasteiger partial charge in [0.2, 0.25) is 12.3 Å². The van der Waals surface area contributed by atoms with Gasteiger partial charge in [0.25, 0.3) is 0 Å². The van der Waals surface area contributed by atoms with Gasteiger partial charge in [-0.3, -0.25) is 9.59 Å². The molecule has 0 radical (unpaired) electrons. The molecule has 0 heterocycles. The number of carboxylic acid groups (broad SMARTS) is 2. The highest BCUT2D eigenvalue weighted by Crippen LogP contribution is 2.50. The van der Waals surface area contributed by atoms with E-state index in [0.29, 0.717) is 24.4 Å². The number of rotatable bonds is 12. The van der Waals surface area contributed by atoms with E-state index in [2.05, 4.69) is 6.07 Å². The summed E-state index contributed by atoms with van der Waals surface area (Å²) in [7, 11) is 0. The summed E-state index contributed by atoms with van der Waals surface area (Å²) >= 11 is 0. The number of carboxylic acids is 2. The maximum atomic E-state index is 14.1. The van der Waals surface area contributed by atoms with E-state index in [-0.39, 0.29) is 47.0 Å². The fraction of sp³-hybridized carbons (Fsp3) is 0.167. The van der Waals surface area contributed by atoms with Crippen LogP contribution in [0.15, 0.2) is 158 Å². The van der Waals surface area contributed by atoms with Crippen LogP contribution < -0.4 is 9.80 Å². The summed E-state index contributed by atoms with van der Waals surface area (Å²) in [4.78, 5) is 50.5. The van der Waals surface area contributed by atoms with Gasteiger partial charge in [0.1, 0.15) is 11.6 Å². The van der Waals surface area contributed by atoms with Crippen LogP contribution in [0, 0.1) is 17.6 Å². The zero-order valence-electron chi connectivity index (χ0n) is 31.5. The van der Waals surface area contributed by atoms with Crippen molar-refractivity contribution < 1.29 is 38.2 Å². The molecule has 6 aromatic rings. The minimum atomic E-state index is -1.01. The summed E-state index contributed by atoms with van der Waals surface area (Å²) in [6.07, 6.45) is 3.75. The second-order valence-electron chi connectivity index (χ2n) is 14.1. The summed E-state index contributed by atoms with van der Waals surface area (Å²) in [5, 5.41) is 18.3. The van der Waals surface area contributed by atoms with Crippen molar-refractivity contribution in [3.05, 3.63) is 203 Å². The highest BCUT2D eigenvalue weighted by molar-refractivity contribution is 5.97. The number of hydrogen-bond donors (Lipinski definition) is 2. The Morgan fingerprint density at radius 3 is 1.69 bits per heavy atom. The first kappa shape index (κ1) is 40.7. The molecule has 2 atom stereocenters. The summed E-state index contributed by atoms with van der Waals surface area (Å²) in [6.45, 7) is 0.624. The molecule has 2 aliphatic carbocycles. The van der Waals surface area contributed by atoms with Crippen LogP contribution in [0.1, 0.15) is 74.1 Å². The molecule has 2 aliphatic rings. The third-order valence-corrected chi connectivity index (χ3v) is 9.91. The Labute approximate surface area is 335 Å². The lowest BCUT2D eigenvalue weighted by atomic mass is 10.1. The maximum absolute atomic E-state index is 14.1. The molecule has 2 saturated carbocycles. The summed E-state index contributed by atoms with van der Waals surface area (Å²) < 4.78 is 26.0. The van der Waals surface area contributed by atoms with Crippen LogP contribution in [0.25, 0.3) is 0 Å². The van der Waals surface area contributed by atoms with Crippen molar-refractivity contribution in [1.82, 2.24) is 0 Å². The maximum Gasteiger partial charge on any atom is 0.335 e. The van der Waals surface area contributed by atoms with E-state index in [4.69, 9.17) is 5.11 Å². The van der Waals surface area contributed by atoms with Gasteiger partial charge in [-0.25, -0.2) is 18.4 Å². The standard InChI is InChI=1S/C24H20FNO3.C18H17NO3.C6H5F/c25-22-12-5-4-11-19(22)20-14-21(20)23(27)26(18-9-2-1-3-10-18)15-16-7-6-8-17(13-16)24(28)29;20-12-19(11-13-4-3-5-15(10-13)18(21)22)17-7-2-1-6-16(17)14-8-9-14;7-6-4-2-1-3-5-6/h1-13,20-21H,14-15H2,(H,28,29);1-7,10,12,14H,8-9,11H2,(H,21,22);1-5H. The van der Waals surface area contributed by atoms with E-state index in [9.17, 15) is 33.1 Å². The minimum absolute atomic E-state index is 0.0785. The lowest BCUT2D eigenvalue weighted by molar-refractivity contribution is -0.120. The summed E-state index contributed by atoms with van der Waals surface area (Å²) in [6, 6.07) is 45.0. The van der Waals surface area contributed by atoms with Crippen LogP contribution in [0.2, 0.25) is 0 Å². The van der Waals surface area contributed by atoms with Gasteiger partial charge in [-0.05, 0) is 114 Å². The lowest BCUT2D eigenvalue weighted by Gasteiger charge is -2.23. The molecule has 8 rings (SSSR count). The smallest absolute Gasteiger partial charge is 0.335 e. The average molecular weight is 781 g/mol. The van der Waals surface area contributed by atoms with Gasteiger partial charge < -0.3 is 20.0 Å². The third-order valence-electron chi connectivity index (χ3n) is 9.91. The SMILES string of the molecule is Fc1ccccc1.O=C(O)c1cccc(CN(C(=O)C2CC2c2ccccc2F)c2ccccc2)c1.O=CN(Cc1cccc(C(=O)O)c1)c1ccccc1C1CC1. The van der Waals surface area contributed by atoms with Crippen molar-refractivity contribution in [3.63, 3.8) is 0 Å². The number of carbonyl (C=O) groups is 4. The molecule has 0 saturated heterocycles. The van der Waals surface area contributed by atoms with Crippen molar-refractivity contribution in [2.45, 2.75) is 44.2 Å². The zero-order valence-corrected chi connectivity index (χ0v) is 31.5. The second kappa shape index (κ2) is 19.3. The van der Waals surface area contributed by atoms with Crippen LogP contribution >= 0.6 is 0 Å². The molecule has 0 aromatic heterocycles. The van der Waals surface area contributed by atoms with Crippen molar-refractivity contribution in [1.29, 1.82) is 0 Å². The molecule has 2 unspecified atom stereocenters. The summed E-state index contributed by atoms with van der Waals surface area (Å²) in [5.41, 5.74) is 5.37. The first-order chi connectivity index (χ1) is 28.1. The Bertz CT molecular complexity index is 2350. The van der Waals surface area contributed by atoms with Gasteiger partial charge >= 0.3 is 11.9 Å². The molecule has 0 bridgehead atoms. The van der Waals surface area contributed by atoms with Crippen LogP contribution in [0.3, 0.4) is 0 Å². The van der Waals surface area contributed by atoms with Gasteiger partial charge in [0, 0.05) is 17.3 Å². The number of anilines is 2. The molecule has 0 aliphatic heterocycles. The van der Waals surface area contributed by atoms with Gasteiger partial charge in [0.15, 0.2) is 0 Å². The van der Waals surface area contributed by atoms with Crippen LogP contribution in [-0.4, -0.2) is 34.5 Å². The Balaban J connectivity index is 0.000000172. The number of hydrogen-bond acceptors (Lipinski definition) is 4. The Morgan fingerprint density at radius 1 is 0.621 bits per heavy atom. The van der Waals surface area contributed by atoms with Gasteiger partial charge in [-0.1, -0.05) is 97.1 Å². The number of para-hydroxylation sites is 2. The molecule has 2 fully saturated rings. The second-order valence-corrected chi connectivity index (χ2v) is 14.1. The number of carbonyl (C=O) groups excluding carboxylic acids is 2. The van der Waals surface area contributed by atoms with Crippen molar-refractivity contribution in [2.24, 2.45) is 5.92 Å². The Morgan fingerprint density at radius 2 is 1.16 bits per heavy atom. The first-order valence-corrected chi connectivity index (χ1v) is 18.9. The molecule has 2 amide bonds. The van der Waals surface area contributed by atoms with Crippen molar-refractivity contribution in [2.75, 3.05) is 9.80 Å². The van der Waals surface area contributed by atoms with E-state index >= 15 is 0 Å². The summed E-state index contributed by atoms with van der Waals surface area (Å²) in [5.74, 6) is -2.37. The predicted molar refractivity (Wildman–Crippen MR) is 219 cm³/mol. The van der Waals surface area contributed by atoms with Crippen LogP contribution in [0.4, 0.5) is 20.2 Å². The van der Waals surface area contributed by atoms with Crippen LogP contribution in [0.5, 0.6) is 0 Å². The van der Waals surface area contributed by atoms with Gasteiger partial charge in [0.05, 0.1) is 24.2 Å². The quantitative estimate of drug-likeness (QED) is 0.120. The number of benzene rings is 6. The van der Waals surface area contributed by atoms with Gasteiger partial charge in [-0.15, -0.1) is 0 Å². The molecule has 6 aromatic carbocycles. The van der Waals surface area contributed by atoms with Crippen molar-refractivity contribution in [3.8, 4) is 0 Å². The Kier molecular flexibility index (Phi) is 13.5. The fourth-order valence-corrected chi connectivity index (χ4v) is 6.76. The molecular weight excluding hydrogens is 739 g/mol. The van der Waals surface area contributed by atoms with E-state index in [0.717, 1.165) is 41.8 Å². The van der Waals surface area contributed by atoms with Crippen molar-refractivity contribution >= 4 is 35.6 Å². The molecular formula is C48H42F2N2O6. The first-order valence-electron chi connectivity index (χ1n) is 18.9. The number of nitrogens with zero attached hydrogens (tertiary/aromatic N) is 2. The third kappa shape index (κ3) is 10.9. The van der Waals surface area contributed by atoms with E-state index in [1.807, 2.05) is 54.6 Å². The molecule has 294 valence electrons. The van der Waals surface area contributed by atoms with Gasteiger partial charge in [-0.2, -0.15) is 0 Å². The lowest BCUT2D eigenvalue weighted by Crippen LogP contribution is -2.32. The number of aromatic carboxylic acids is 2. The van der Waals surface area contributed by atoms with E-state index < -0.39 is 11.9 Å². The zero-order chi connectivity index (χ0) is 41.0. The van der Waals surface area contributed by atoms with Crippen LogP contribution in [-0.2, 0) is 22.7 Å². The topological polar surface area (TPSA) is 115 Å². The van der Waals surface area contributed by atoms with E-state index in [1.54, 1.807) is 82.6 Å². The Hall–Kier alpha value is -6.94.